The molecule has 104 valence electrons. The minimum absolute atomic E-state index is 0.337. The molecule has 0 spiro atoms. The number of thiophene rings is 1. The molecule has 2 nitrogen and oxygen atoms in total. The molecule has 1 aromatic carbocycles. The van der Waals surface area contributed by atoms with E-state index in [0.29, 0.717) is 26.5 Å². The fourth-order valence-corrected chi connectivity index (χ4v) is 4.63. The zero-order chi connectivity index (χ0) is 14.7. The first-order valence-corrected chi connectivity index (χ1v) is 8.76. The number of rotatable bonds is 4. The molecule has 2 aromatic rings. The maximum absolute atomic E-state index is 12.3. The number of hydrogen-bond donors (Lipinski definition) is 0. The normalized spacial score (nSPS) is 12.3. The summed E-state index contributed by atoms with van der Waals surface area (Å²) < 4.78 is 13.0. The maximum Gasteiger partial charge on any atom is 0.109 e. The quantitative estimate of drug-likeness (QED) is 0.818. The van der Waals surface area contributed by atoms with E-state index >= 15 is 0 Å². The van der Waals surface area contributed by atoms with Gasteiger partial charge in [-0.15, -0.1) is 11.3 Å². The molecule has 0 bridgehead atoms. The fraction of sp³-hybridized carbons (Fsp3) is 0.267. The highest BCUT2D eigenvalue weighted by Crippen LogP contribution is 2.34. The van der Waals surface area contributed by atoms with E-state index < -0.39 is 10.8 Å². The molecule has 1 unspecified atom stereocenters. The third-order valence-electron chi connectivity index (χ3n) is 2.72. The molecule has 0 aliphatic carbocycles. The molecule has 2 rings (SSSR count). The smallest absolute Gasteiger partial charge is 0.109 e. The third-order valence-corrected chi connectivity index (χ3v) is 6.17. The standard InChI is InChI=1S/C15H14ClNOS2/c1-10(2)9-20(18)15-13(7-17)14(8-19-15)11-3-5-12(16)6-4-11/h3-6,8,10H,9H2,1-2H3. The predicted octanol–water partition coefficient (Wildman–Crippen LogP) is 4.70. The van der Waals surface area contributed by atoms with Crippen molar-refractivity contribution in [2.45, 2.75) is 18.1 Å². The second kappa shape index (κ2) is 6.53. The van der Waals surface area contributed by atoms with Gasteiger partial charge in [0.05, 0.1) is 16.4 Å². The van der Waals surface area contributed by atoms with Crippen LogP contribution in [-0.4, -0.2) is 9.96 Å². The molecule has 0 saturated carbocycles. The number of nitrogens with zero attached hydrogens (tertiary/aromatic N) is 1. The number of hydrogen-bond acceptors (Lipinski definition) is 3. The van der Waals surface area contributed by atoms with Gasteiger partial charge in [0.15, 0.2) is 0 Å². The molecule has 0 radical (unpaired) electrons. The van der Waals surface area contributed by atoms with Crippen molar-refractivity contribution >= 4 is 33.7 Å². The summed E-state index contributed by atoms with van der Waals surface area (Å²) in [6, 6.07) is 9.53. The molecule has 0 N–H and O–H groups in total. The van der Waals surface area contributed by atoms with E-state index in [2.05, 4.69) is 6.07 Å². The van der Waals surface area contributed by atoms with Crippen LogP contribution in [0, 0.1) is 17.2 Å². The highest BCUT2D eigenvalue weighted by molar-refractivity contribution is 7.87. The molecular formula is C15H14ClNOS2. The lowest BCUT2D eigenvalue weighted by atomic mass is 10.1. The van der Waals surface area contributed by atoms with E-state index in [1.165, 1.54) is 11.3 Å². The molecule has 0 aliphatic rings. The number of halogens is 1. The second-order valence-corrected chi connectivity index (χ2v) is 7.84. The molecule has 20 heavy (non-hydrogen) atoms. The zero-order valence-corrected chi connectivity index (χ0v) is 13.6. The average Bonchev–Trinajstić information content (AvgIpc) is 2.82. The SMILES string of the molecule is CC(C)CS(=O)c1scc(-c2ccc(Cl)cc2)c1C#N. The Kier molecular flexibility index (Phi) is 4.98. The lowest BCUT2D eigenvalue weighted by Crippen LogP contribution is -2.04. The molecule has 1 atom stereocenters. The van der Waals surface area contributed by atoms with Crippen LogP contribution in [0.1, 0.15) is 19.4 Å². The summed E-state index contributed by atoms with van der Waals surface area (Å²) in [5, 5.41) is 11.9. The third kappa shape index (κ3) is 3.29. The summed E-state index contributed by atoms with van der Waals surface area (Å²) in [7, 11) is -1.11. The summed E-state index contributed by atoms with van der Waals surface area (Å²) >= 11 is 7.27. The Balaban J connectivity index is 2.42. The van der Waals surface area contributed by atoms with Gasteiger partial charge in [-0.25, -0.2) is 0 Å². The van der Waals surface area contributed by atoms with Crippen molar-refractivity contribution in [3.63, 3.8) is 0 Å². The van der Waals surface area contributed by atoms with Crippen LogP contribution < -0.4 is 0 Å². The monoisotopic (exact) mass is 323 g/mol. The molecule has 0 aliphatic heterocycles. The largest absolute Gasteiger partial charge is 0.253 e. The summed E-state index contributed by atoms with van der Waals surface area (Å²) in [5.41, 5.74) is 2.28. The highest BCUT2D eigenvalue weighted by Gasteiger charge is 2.18. The topological polar surface area (TPSA) is 40.9 Å². The van der Waals surface area contributed by atoms with Crippen molar-refractivity contribution < 1.29 is 4.21 Å². The lowest BCUT2D eigenvalue weighted by Gasteiger charge is -2.04. The van der Waals surface area contributed by atoms with Crippen molar-refractivity contribution in [3.8, 4) is 17.2 Å². The maximum atomic E-state index is 12.3. The predicted molar refractivity (Wildman–Crippen MR) is 85.6 cm³/mol. The first-order chi connectivity index (χ1) is 9.52. The molecule has 0 fully saturated rings. The summed E-state index contributed by atoms with van der Waals surface area (Å²) in [4.78, 5) is 0. The Morgan fingerprint density at radius 2 is 2.00 bits per heavy atom. The van der Waals surface area contributed by atoms with Crippen molar-refractivity contribution in [1.29, 1.82) is 5.26 Å². The molecule has 1 heterocycles. The van der Waals surface area contributed by atoms with Gasteiger partial charge in [0.25, 0.3) is 0 Å². The van der Waals surface area contributed by atoms with Crippen LogP contribution in [0.4, 0.5) is 0 Å². The van der Waals surface area contributed by atoms with E-state index in [1.807, 2.05) is 31.4 Å². The highest BCUT2D eigenvalue weighted by atomic mass is 35.5. The van der Waals surface area contributed by atoms with Crippen molar-refractivity contribution in [1.82, 2.24) is 0 Å². The number of nitriles is 1. The minimum Gasteiger partial charge on any atom is -0.253 e. The van der Waals surface area contributed by atoms with E-state index in [4.69, 9.17) is 11.6 Å². The Bertz CT molecular complexity index is 668. The van der Waals surface area contributed by atoms with Gasteiger partial charge in [-0.05, 0) is 23.6 Å². The van der Waals surface area contributed by atoms with Crippen molar-refractivity contribution in [2.75, 3.05) is 5.75 Å². The Morgan fingerprint density at radius 1 is 1.35 bits per heavy atom. The van der Waals surface area contributed by atoms with Crippen LogP contribution >= 0.6 is 22.9 Å². The van der Waals surface area contributed by atoms with Crippen LogP contribution in [-0.2, 0) is 10.8 Å². The van der Waals surface area contributed by atoms with E-state index in [9.17, 15) is 9.47 Å². The van der Waals surface area contributed by atoms with Gasteiger partial charge in [-0.2, -0.15) is 5.26 Å². The van der Waals surface area contributed by atoms with Gasteiger partial charge in [0, 0.05) is 21.7 Å². The van der Waals surface area contributed by atoms with Crippen LogP contribution in [0.5, 0.6) is 0 Å². The fourth-order valence-electron chi connectivity index (χ4n) is 1.83. The first-order valence-electron chi connectivity index (χ1n) is 6.18. The number of benzene rings is 1. The van der Waals surface area contributed by atoms with Gasteiger partial charge in [-0.1, -0.05) is 37.6 Å². The molecule has 0 saturated heterocycles. The molecular weight excluding hydrogens is 310 g/mol. The second-order valence-electron chi connectivity index (χ2n) is 4.84. The zero-order valence-electron chi connectivity index (χ0n) is 11.2. The van der Waals surface area contributed by atoms with Gasteiger partial charge in [0.2, 0.25) is 0 Å². The van der Waals surface area contributed by atoms with Gasteiger partial charge in [0.1, 0.15) is 10.3 Å². The Labute approximate surface area is 130 Å². The van der Waals surface area contributed by atoms with Crippen LogP contribution in [0.25, 0.3) is 11.1 Å². The first kappa shape index (κ1) is 15.2. The van der Waals surface area contributed by atoms with E-state index in [-0.39, 0.29) is 0 Å². The minimum atomic E-state index is -1.11. The van der Waals surface area contributed by atoms with Gasteiger partial charge < -0.3 is 0 Å². The molecule has 5 heteroatoms. The van der Waals surface area contributed by atoms with E-state index in [1.54, 1.807) is 12.1 Å². The van der Waals surface area contributed by atoms with Crippen LogP contribution in [0.15, 0.2) is 33.9 Å². The summed E-state index contributed by atoms with van der Waals surface area (Å²) in [5.74, 6) is 0.915. The summed E-state index contributed by atoms with van der Waals surface area (Å²) in [6.07, 6.45) is 0. The van der Waals surface area contributed by atoms with E-state index in [0.717, 1.165) is 11.1 Å². The lowest BCUT2D eigenvalue weighted by molar-refractivity contribution is 0.666. The van der Waals surface area contributed by atoms with Gasteiger partial charge >= 0.3 is 0 Å². The van der Waals surface area contributed by atoms with Crippen molar-refractivity contribution in [2.24, 2.45) is 5.92 Å². The van der Waals surface area contributed by atoms with Gasteiger partial charge in [-0.3, -0.25) is 4.21 Å². The molecule has 1 aromatic heterocycles. The van der Waals surface area contributed by atoms with Crippen LogP contribution in [0.2, 0.25) is 5.02 Å². The molecule has 0 amide bonds. The van der Waals surface area contributed by atoms with Crippen LogP contribution in [0.3, 0.4) is 0 Å². The Hall–Kier alpha value is -1.15. The Morgan fingerprint density at radius 3 is 2.55 bits per heavy atom. The average molecular weight is 324 g/mol. The summed E-state index contributed by atoms with van der Waals surface area (Å²) in [6.45, 7) is 4.05. The van der Waals surface area contributed by atoms with Crippen molar-refractivity contribution in [3.05, 3.63) is 40.2 Å².